The summed E-state index contributed by atoms with van der Waals surface area (Å²) in [7, 11) is 0. The van der Waals surface area contributed by atoms with Crippen molar-refractivity contribution in [3.05, 3.63) is 53.9 Å². The quantitative estimate of drug-likeness (QED) is 0.791. The third-order valence-corrected chi connectivity index (χ3v) is 3.13. The molecule has 0 spiro atoms. The minimum Gasteiger partial charge on any atom is -0.465 e. The summed E-state index contributed by atoms with van der Waals surface area (Å²) in [4.78, 5) is 11.5. The molecule has 0 aliphatic carbocycles. The van der Waals surface area contributed by atoms with Crippen molar-refractivity contribution in [2.75, 3.05) is 6.61 Å². The summed E-state index contributed by atoms with van der Waals surface area (Å²) >= 11 is 0. The summed E-state index contributed by atoms with van der Waals surface area (Å²) in [5.41, 5.74) is 2.25. The molecule has 1 heterocycles. The van der Waals surface area contributed by atoms with Crippen molar-refractivity contribution in [3.63, 3.8) is 0 Å². The van der Waals surface area contributed by atoms with Crippen LogP contribution in [0.5, 0.6) is 0 Å². The third-order valence-electron chi connectivity index (χ3n) is 3.13. The Morgan fingerprint density at radius 2 is 2.10 bits per heavy atom. The van der Waals surface area contributed by atoms with E-state index in [-0.39, 0.29) is 12.0 Å². The fourth-order valence-electron chi connectivity index (χ4n) is 1.98. The van der Waals surface area contributed by atoms with Gasteiger partial charge in [0.25, 0.3) is 0 Å². The number of esters is 1. The molecule has 2 aromatic rings. The fourth-order valence-corrected chi connectivity index (χ4v) is 1.98. The van der Waals surface area contributed by atoms with Gasteiger partial charge in [0.15, 0.2) is 0 Å². The van der Waals surface area contributed by atoms with Gasteiger partial charge in [-0.2, -0.15) is 5.10 Å². The number of aromatic nitrogens is 2. The summed E-state index contributed by atoms with van der Waals surface area (Å²) in [6.07, 6.45) is 3.80. The zero-order chi connectivity index (χ0) is 15.1. The first-order valence-corrected chi connectivity index (χ1v) is 7.14. The van der Waals surface area contributed by atoms with Crippen LogP contribution in [-0.2, 0) is 22.6 Å². The number of nitrogens with zero attached hydrogens (tertiary/aromatic N) is 2. The lowest BCUT2D eigenvalue weighted by Crippen LogP contribution is -2.34. The molecule has 1 unspecified atom stereocenters. The number of rotatable bonds is 7. The Kier molecular flexibility index (Phi) is 5.51. The highest BCUT2D eigenvalue weighted by Crippen LogP contribution is 2.04. The Morgan fingerprint density at radius 1 is 1.33 bits per heavy atom. The van der Waals surface area contributed by atoms with Crippen molar-refractivity contribution in [2.24, 2.45) is 0 Å². The number of carbonyl (C=O) groups excluding carboxylic acids is 1. The van der Waals surface area contributed by atoms with Gasteiger partial charge in [-0.3, -0.25) is 9.48 Å². The van der Waals surface area contributed by atoms with E-state index < -0.39 is 0 Å². The smallest absolute Gasteiger partial charge is 0.322 e. The molecule has 0 fully saturated rings. The van der Waals surface area contributed by atoms with Crippen LogP contribution in [0.3, 0.4) is 0 Å². The molecule has 5 heteroatoms. The van der Waals surface area contributed by atoms with E-state index >= 15 is 0 Å². The molecule has 5 nitrogen and oxygen atoms in total. The van der Waals surface area contributed by atoms with Gasteiger partial charge in [-0.1, -0.05) is 30.3 Å². The highest BCUT2D eigenvalue weighted by molar-refractivity contribution is 5.75. The van der Waals surface area contributed by atoms with Crippen LogP contribution in [0.15, 0.2) is 42.7 Å². The number of hydrogen-bond donors (Lipinski definition) is 1. The Balaban J connectivity index is 1.84. The molecule has 0 radical (unpaired) electrons. The second-order valence-electron chi connectivity index (χ2n) is 4.89. The SMILES string of the molecule is CCOC(=O)C(C)NCc1cnn(Cc2ccccc2)c1. The van der Waals surface area contributed by atoms with Crippen LogP contribution >= 0.6 is 0 Å². The number of nitrogens with one attached hydrogen (secondary N) is 1. The first-order valence-electron chi connectivity index (χ1n) is 7.14. The summed E-state index contributed by atoms with van der Waals surface area (Å²) in [5.74, 6) is -0.228. The maximum atomic E-state index is 11.5. The first-order chi connectivity index (χ1) is 10.2. The summed E-state index contributed by atoms with van der Waals surface area (Å²) in [6.45, 7) is 5.34. The maximum absolute atomic E-state index is 11.5. The van der Waals surface area contributed by atoms with Crippen LogP contribution in [0, 0.1) is 0 Å². The molecule has 1 aromatic carbocycles. The molecule has 112 valence electrons. The van der Waals surface area contributed by atoms with Gasteiger partial charge < -0.3 is 10.1 Å². The van der Waals surface area contributed by atoms with Crippen molar-refractivity contribution < 1.29 is 9.53 Å². The van der Waals surface area contributed by atoms with Crippen molar-refractivity contribution in [1.29, 1.82) is 0 Å². The normalized spacial score (nSPS) is 12.1. The highest BCUT2D eigenvalue weighted by atomic mass is 16.5. The van der Waals surface area contributed by atoms with Gasteiger partial charge in [-0.05, 0) is 19.4 Å². The molecule has 0 aliphatic heterocycles. The lowest BCUT2D eigenvalue weighted by Gasteiger charge is -2.11. The predicted octanol–water partition coefficient (Wildman–Crippen LogP) is 1.97. The molecular formula is C16H21N3O2. The average molecular weight is 287 g/mol. The van der Waals surface area contributed by atoms with E-state index in [4.69, 9.17) is 4.74 Å². The molecule has 1 atom stereocenters. The van der Waals surface area contributed by atoms with E-state index in [9.17, 15) is 4.79 Å². The van der Waals surface area contributed by atoms with Crippen LogP contribution in [0.1, 0.15) is 25.0 Å². The molecule has 21 heavy (non-hydrogen) atoms. The number of ether oxygens (including phenoxy) is 1. The van der Waals surface area contributed by atoms with E-state index in [1.54, 1.807) is 13.8 Å². The molecular weight excluding hydrogens is 266 g/mol. The minimum atomic E-state index is -0.317. The zero-order valence-electron chi connectivity index (χ0n) is 12.5. The Bertz CT molecular complexity index is 566. The standard InChI is InChI=1S/C16H21N3O2/c1-3-21-16(20)13(2)17-9-15-10-18-19(12-15)11-14-7-5-4-6-8-14/h4-8,10,12-13,17H,3,9,11H2,1-2H3. The van der Waals surface area contributed by atoms with Crippen LogP contribution in [0.25, 0.3) is 0 Å². The number of hydrogen-bond acceptors (Lipinski definition) is 4. The highest BCUT2D eigenvalue weighted by Gasteiger charge is 2.13. The molecule has 1 aromatic heterocycles. The number of benzene rings is 1. The molecule has 1 N–H and O–H groups in total. The second kappa shape index (κ2) is 7.59. The van der Waals surface area contributed by atoms with Crippen molar-refractivity contribution in [2.45, 2.75) is 33.0 Å². The monoisotopic (exact) mass is 287 g/mol. The maximum Gasteiger partial charge on any atom is 0.322 e. The van der Waals surface area contributed by atoms with E-state index in [1.165, 1.54) is 5.56 Å². The summed E-state index contributed by atoms with van der Waals surface area (Å²) in [5, 5.41) is 7.46. The van der Waals surface area contributed by atoms with Crippen molar-refractivity contribution in [1.82, 2.24) is 15.1 Å². The minimum absolute atomic E-state index is 0.228. The summed E-state index contributed by atoms with van der Waals surface area (Å²) in [6, 6.07) is 9.86. The van der Waals surface area contributed by atoms with Crippen LogP contribution in [0.4, 0.5) is 0 Å². The van der Waals surface area contributed by atoms with Gasteiger partial charge >= 0.3 is 5.97 Å². The lowest BCUT2D eigenvalue weighted by atomic mass is 10.2. The molecule has 2 rings (SSSR count). The second-order valence-corrected chi connectivity index (χ2v) is 4.89. The molecule has 0 amide bonds. The van der Waals surface area contributed by atoms with Crippen LogP contribution < -0.4 is 5.32 Å². The zero-order valence-corrected chi connectivity index (χ0v) is 12.5. The Hall–Kier alpha value is -2.14. The van der Waals surface area contributed by atoms with Crippen molar-refractivity contribution in [3.8, 4) is 0 Å². The largest absolute Gasteiger partial charge is 0.465 e. The van der Waals surface area contributed by atoms with Gasteiger partial charge in [-0.25, -0.2) is 0 Å². The van der Waals surface area contributed by atoms with E-state index in [2.05, 4.69) is 22.5 Å². The molecule has 0 aliphatic rings. The predicted molar refractivity (Wildman–Crippen MR) is 80.7 cm³/mol. The van der Waals surface area contributed by atoms with E-state index in [0.29, 0.717) is 13.2 Å². The van der Waals surface area contributed by atoms with Crippen LogP contribution in [-0.4, -0.2) is 28.4 Å². The summed E-state index contributed by atoms with van der Waals surface area (Å²) < 4.78 is 6.84. The van der Waals surface area contributed by atoms with Gasteiger partial charge in [-0.15, -0.1) is 0 Å². The van der Waals surface area contributed by atoms with Gasteiger partial charge in [0.1, 0.15) is 6.04 Å². The third kappa shape index (κ3) is 4.72. The van der Waals surface area contributed by atoms with Gasteiger partial charge in [0.2, 0.25) is 0 Å². The van der Waals surface area contributed by atoms with Crippen molar-refractivity contribution >= 4 is 5.97 Å². The molecule has 0 bridgehead atoms. The fraction of sp³-hybridized carbons (Fsp3) is 0.375. The average Bonchev–Trinajstić information content (AvgIpc) is 2.93. The Labute approximate surface area is 124 Å². The number of carbonyl (C=O) groups is 1. The van der Waals surface area contributed by atoms with Gasteiger partial charge in [0, 0.05) is 18.3 Å². The van der Waals surface area contributed by atoms with Gasteiger partial charge in [0.05, 0.1) is 19.3 Å². The van der Waals surface area contributed by atoms with Crippen LogP contribution in [0.2, 0.25) is 0 Å². The lowest BCUT2D eigenvalue weighted by molar-refractivity contribution is -0.145. The topological polar surface area (TPSA) is 56.1 Å². The van der Waals surface area contributed by atoms with E-state index in [1.807, 2.05) is 35.3 Å². The van der Waals surface area contributed by atoms with E-state index in [0.717, 1.165) is 12.1 Å². The molecule has 0 saturated heterocycles. The molecule has 0 saturated carbocycles. The Morgan fingerprint density at radius 3 is 2.81 bits per heavy atom. The first kappa shape index (κ1) is 15.3.